The second-order valence-corrected chi connectivity index (χ2v) is 3.63. The summed E-state index contributed by atoms with van der Waals surface area (Å²) in [4.78, 5) is 0. The van der Waals surface area contributed by atoms with Crippen LogP contribution in [0.25, 0.3) is 0 Å². The lowest BCUT2D eigenvalue weighted by Crippen LogP contribution is -2.18. The molecule has 1 atom stereocenters. The maximum absolute atomic E-state index is 3.86. The van der Waals surface area contributed by atoms with Crippen LogP contribution in [0.5, 0.6) is 0 Å². The molecule has 0 bridgehead atoms. The summed E-state index contributed by atoms with van der Waals surface area (Å²) in [5, 5.41) is 3.22. The molecule has 0 fully saturated rings. The number of hydrogen-bond donors (Lipinski definition) is 1. The number of benzene rings is 1. The summed E-state index contributed by atoms with van der Waals surface area (Å²) in [5.41, 5.74) is 2.49. The molecule has 1 heteroatoms. The molecule has 0 radical (unpaired) electrons. The van der Waals surface area contributed by atoms with Gasteiger partial charge in [0.1, 0.15) is 0 Å². The predicted octanol–water partition coefficient (Wildman–Crippen LogP) is 3.29. The van der Waals surface area contributed by atoms with Gasteiger partial charge in [0.25, 0.3) is 0 Å². The molecule has 1 N–H and O–H groups in total. The molecule has 0 aliphatic carbocycles. The monoisotopic (exact) mass is 213 g/mol. The molecule has 1 nitrogen and oxygen atoms in total. The van der Waals surface area contributed by atoms with E-state index in [2.05, 4.69) is 42.7 Å². The average Bonchev–Trinajstić information content (AvgIpc) is 2.35. The minimum Gasteiger partial charge on any atom is -0.319 e. The first-order valence-corrected chi connectivity index (χ1v) is 5.48. The van der Waals surface area contributed by atoms with E-state index in [1.165, 1.54) is 11.1 Å². The van der Waals surface area contributed by atoms with Crippen molar-refractivity contribution >= 4 is 0 Å². The third kappa shape index (κ3) is 3.21. The highest BCUT2D eigenvalue weighted by atomic mass is 14.8. The van der Waals surface area contributed by atoms with E-state index in [-0.39, 0.29) is 0 Å². The van der Waals surface area contributed by atoms with Crippen LogP contribution in [-0.2, 0) is 0 Å². The fourth-order valence-corrected chi connectivity index (χ4v) is 1.78. The molecule has 1 rings (SSSR count). The SMILES string of the molecule is C=C/C=C(\C=C)C(CNC)c1ccccc1. The van der Waals surface area contributed by atoms with Gasteiger partial charge in [-0.3, -0.25) is 0 Å². The zero-order chi connectivity index (χ0) is 11.8. The zero-order valence-electron chi connectivity index (χ0n) is 9.82. The van der Waals surface area contributed by atoms with Crippen molar-refractivity contribution in [2.75, 3.05) is 13.6 Å². The first kappa shape index (κ1) is 12.5. The topological polar surface area (TPSA) is 12.0 Å². The van der Waals surface area contributed by atoms with Gasteiger partial charge in [-0.05, 0) is 18.2 Å². The van der Waals surface area contributed by atoms with E-state index < -0.39 is 0 Å². The van der Waals surface area contributed by atoms with Gasteiger partial charge >= 0.3 is 0 Å². The van der Waals surface area contributed by atoms with Crippen molar-refractivity contribution in [3.63, 3.8) is 0 Å². The van der Waals surface area contributed by atoms with E-state index in [1.54, 1.807) is 0 Å². The lowest BCUT2D eigenvalue weighted by molar-refractivity contribution is 0.707. The fourth-order valence-electron chi connectivity index (χ4n) is 1.78. The summed E-state index contributed by atoms with van der Waals surface area (Å²) in [5.74, 6) is 0.335. The Morgan fingerprint density at radius 1 is 1.31 bits per heavy atom. The third-order valence-corrected chi connectivity index (χ3v) is 2.56. The van der Waals surface area contributed by atoms with E-state index in [0.29, 0.717) is 5.92 Å². The van der Waals surface area contributed by atoms with Crippen LogP contribution >= 0.6 is 0 Å². The van der Waals surface area contributed by atoms with Gasteiger partial charge in [-0.1, -0.05) is 61.7 Å². The average molecular weight is 213 g/mol. The Bertz CT molecular complexity index is 362. The normalized spacial score (nSPS) is 13.2. The van der Waals surface area contributed by atoms with Crippen LogP contribution in [0.3, 0.4) is 0 Å². The van der Waals surface area contributed by atoms with Gasteiger partial charge < -0.3 is 5.32 Å². The fraction of sp³-hybridized carbons (Fsp3) is 0.200. The summed E-state index contributed by atoms with van der Waals surface area (Å²) < 4.78 is 0. The molecular formula is C15H19N. The number of likely N-dealkylation sites (N-methyl/N-ethyl adjacent to an activating group) is 1. The summed E-state index contributed by atoms with van der Waals surface area (Å²) in [6, 6.07) is 10.4. The highest BCUT2D eigenvalue weighted by Crippen LogP contribution is 2.24. The summed E-state index contributed by atoms with van der Waals surface area (Å²) in [7, 11) is 1.96. The van der Waals surface area contributed by atoms with Crippen LogP contribution in [0.4, 0.5) is 0 Å². The molecule has 0 aliphatic rings. The van der Waals surface area contributed by atoms with E-state index in [1.807, 2.05) is 31.3 Å². The molecule has 1 aromatic carbocycles. The maximum Gasteiger partial charge on any atom is 0.0214 e. The van der Waals surface area contributed by atoms with Gasteiger partial charge in [0.15, 0.2) is 0 Å². The minimum atomic E-state index is 0.335. The number of nitrogens with one attached hydrogen (secondary N) is 1. The van der Waals surface area contributed by atoms with Crippen LogP contribution in [-0.4, -0.2) is 13.6 Å². The first-order valence-electron chi connectivity index (χ1n) is 5.48. The smallest absolute Gasteiger partial charge is 0.0214 e. The van der Waals surface area contributed by atoms with Crippen molar-refractivity contribution in [2.45, 2.75) is 5.92 Å². The van der Waals surface area contributed by atoms with E-state index in [9.17, 15) is 0 Å². The van der Waals surface area contributed by atoms with Crippen molar-refractivity contribution in [2.24, 2.45) is 0 Å². The van der Waals surface area contributed by atoms with Crippen molar-refractivity contribution in [1.82, 2.24) is 5.32 Å². The molecule has 0 amide bonds. The molecular weight excluding hydrogens is 194 g/mol. The predicted molar refractivity (Wildman–Crippen MR) is 71.6 cm³/mol. The molecule has 0 aliphatic heterocycles. The third-order valence-electron chi connectivity index (χ3n) is 2.56. The second kappa shape index (κ2) is 6.81. The Morgan fingerprint density at radius 2 is 2.00 bits per heavy atom. The van der Waals surface area contributed by atoms with Crippen LogP contribution in [0.1, 0.15) is 11.5 Å². The lowest BCUT2D eigenvalue weighted by atomic mass is 9.90. The number of allylic oxidation sites excluding steroid dienone is 3. The van der Waals surface area contributed by atoms with Gasteiger partial charge in [-0.2, -0.15) is 0 Å². The zero-order valence-corrected chi connectivity index (χ0v) is 9.82. The lowest BCUT2D eigenvalue weighted by Gasteiger charge is -2.18. The Morgan fingerprint density at radius 3 is 2.50 bits per heavy atom. The van der Waals surface area contributed by atoms with Gasteiger partial charge in [0, 0.05) is 12.5 Å². The molecule has 1 unspecified atom stereocenters. The summed E-state index contributed by atoms with van der Waals surface area (Å²) >= 11 is 0. The van der Waals surface area contributed by atoms with Gasteiger partial charge in [-0.15, -0.1) is 0 Å². The van der Waals surface area contributed by atoms with E-state index in [0.717, 1.165) is 6.54 Å². The van der Waals surface area contributed by atoms with Crippen LogP contribution in [0.15, 0.2) is 67.3 Å². The molecule has 16 heavy (non-hydrogen) atoms. The number of rotatable bonds is 6. The second-order valence-electron chi connectivity index (χ2n) is 3.63. The summed E-state index contributed by atoms with van der Waals surface area (Å²) in [6.45, 7) is 8.50. The molecule has 0 spiro atoms. The van der Waals surface area contributed by atoms with E-state index >= 15 is 0 Å². The highest BCUT2D eigenvalue weighted by Gasteiger charge is 2.12. The Hall–Kier alpha value is -1.60. The minimum absolute atomic E-state index is 0.335. The molecule has 0 heterocycles. The van der Waals surface area contributed by atoms with Crippen LogP contribution in [0.2, 0.25) is 0 Å². The van der Waals surface area contributed by atoms with Crippen molar-refractivity contribution in [3.05, 3.63) is 72.9 Å². The van der Waals surface area contributed by atoms with Gasteiger partial charge in [0.05, 0.1) is 0 Å². The number of hydrogen-bond acceptors (Lipinski definition) is 1. The van der Waals surface area contributed by atoms with Crippen molar-refractivity contribution < 1.29 is 0 Å². The molecule has 0 saturated heterocycles. The Labute approximate surface area is 98.2 Å². The van der Waals surface area contributed by atoms with Gasteiger partial charge in [0.2, 0.25) is 0 Å². The van der Waals surface area contributed by atoms with E-state index in [4.69, 9.17) is 0 Å². The quantitative estimate of drug-likeness (QED) is 0.715. The van der Waals surface area contributed by atoms with Crippen molar-refractivity contribution in [3.8, 4) is 0 Å². The van der Waals surface area contributed by atoms with Gasteiger partial charge in [-0.25, -0.2) is 0 Å². The molecule has 0 saturated carbocycles. The highest BCUT2D eigenvalue weighted by molar-refractivity contribution is 5.36. The maximum atomic E-state index is 3.86. The van der Waals surface area contributed by atoms with Crippen molar-refractivity contribution in [1.29, 1.82) is 0 Å². The molecule has 0 aromatic heterocycles. The summed E-state index contributed by atoms with van der Waals surface area (Å²) in [6.07, 6.45) is 5.72. The first-order chi connectivity index (χ1) is 7.83. The Kier molecular flexibility index (Phi) is 5.30. The standard InChI is InChI=1S/C15H19N/c1-4-9-13(5-2)15(12-16-3)14-10-7-6-8-11-14/h4-11,15-16H,1-2,12H2,3H3/b13-9+. The largest absolute Gasteiger partial charge is 0.319 e. The van der Waals surface area contributed by atoms with Crippen LogP contribution < -0.4 is 5.32 Å². The molecule has 84 valence electrons. The Balaban J connectivity index is 3.03. The van der Waals surface area contributed by atoms with Crippen LogP contribution in [0, 0.1) is 0 Å². The molecule has 1 aromatic rings.